The van der Waals surface area contributed by atoms with Crippen molar-refractivity contribution in [2.24, 2.45) is 0 Å². The van der Waals surface area contributed by atoms with Gasteiger partial charge >= 0.3 is 12.2 Å². The van der Waals surface area contributed by atoms with Gasteiger partial charge in [-0.25, -0.2) is 4.79 Å². The lowest BCUT2D eigenvalue weighted by molar-refractivity contribution is -0.133. The Kier molecular flexibility index (Phi) is 14.1. The number of hydrogen-bond acceptors (Lipinski definition) is 2. The van der Waals surface area contributed by atoms with Crippen LogP contribution in [0.1, 0.15) is 64.7 Å². The van der Waals surface area contributed by atoms with Crippen molar-refractivity contribution in [2.75, 3.05) is 0 Å². The number of ether oxygens (including phenoxy) is 1. The Morgan fingerprint density at radius 3 is 2.35 bits per heavy atom. The molecule has 0 amide bonds. The molecule has 0 unspecified atom stereocenters. The third-order valence-electron chi connectivity index (χ3n) is 2.90. The molecule has 0 aliphatic carbocycles. The second-order valence-corrected chi connectivity index (χ2v) is 4.70. The van der Waals surface area contributed by atoms with Crippen molar-refractivity contribution in [3.05, 3.63) is 30.0 Å². The standard InChI is InChI=1S/C16H26N2O2/c1-2-3-4-5-6-7-8-9-10-11-12-13-14-20-16(19)15-18-17/h11-15H,2-10H2,1H3. The Balaban J connectivity index is 3.33. The third-order valence-corrected chi connectivity index (χ3v) is 2.90. The maximum absolute atomic E-state index is 10.7. The quantitative estimate of drug-likeness (QED) is 0.101. The van der Waals surface area contributed by atoms with E-state index in [1.54, 1.807) is 6.08 Å². The van der Waals surface area contributed by atoms with Gasteiger partial charge in [0.2, 0.25) is 0 Å². The molecule has 0 aliphatic rings. The molecule has 0 rings (SSSR count). The maximum atomic E-state index is 10.7. The second-order valence-electron chi connectivity index (χ2n) is 4.70. The maximum Gasteiger partial charge on any atom is 0.418 e. The fourth-order valence-corrected chi connectivity index (χ4v) is 1.80. The summed E-state index contributed by atoms with van der Waals surface area (Å²) >= 11 is 0. The summed E-state index contributed by atoms with van der Waals surface area (Å²) in [5.74, 6) is -0.694. The molecular formula is C16H26N2O2. The van der Waals surface area contributed by atoms with Crippen LogP contribution in [0.2, 0.25) is 0 Å². The van der Waals surface area contributed by atoms with Crippen LogP contribution in [0.4, 0.5) is 0 Å². The first-order valence-electron chi connectivity index (χ1n) is 7.51. The van der Waals surface area contributed by atoms with Crippen molar-refractivity contribution in [3.8, 4) is 0 Å². The van der Waals surface area contributed by atoms with E-state index in [2.05, 4.69) is 22.5 Å². The summed E-state index contributed by atoms with van der Waals surface area (Å²) in [5.41, 5.74) is 8.07. The van der Waals surface area contributed by atoms with Crippen LogP contribution < -0.4 is 0 Å². The Bertz CT molecular complexity index is 342. The zero-order chi connectivity index (χ0) is 14.9. The van der Waals surface area contributed by atoms with Gasteiger partial charge in [0, 0.05) is 0 Å². The molecule has 0 saturated heterocycles. The Labute approximate surface area is 122 Å². The number of rotatable bonds is 12. The lowest BCUT2D eigenvalue weighted by Crippen LogP contribution is -2.00. The van der Waals surface area contributed by atoms with E-state index < -0.39 is 5.97 Å². The highest BCUT2D eigenvalue weighted by atomic mass is 16.5. The van der Waals surface area contributed by atoms with Crippen LogP contribution in [0.15, 0.2) is 24.5 Å². The summed E-state index contributed by atoms with van der Waals surface area (Å²) in [7, 11) is 0. The van der Waals surface area contributed by atoms with E-state index in [0.717, 1.165) is 6.42 Å². The molecule has 112 valence electrons. The zero-order valence-electron chi connectivity index (χ0n) is 12.5. The highest BCUT2D eigenvalue weighted by molar-refractivity contribution is 6.20. The van der Waals surface area contributed by atoms with Crippen LogP contribution in [0, 0.1) is 0 Å². The van der Waals surface area contributed by atoms with Crippen molar-refractivity contribution in [3.63, 3.8) is 0 Å². The first kappa shape index (κ1) is 18.3. The van der Waals surface area contributed by atoms with Crippen molar-refractivity contribution in [1.82, 2.24) is 0 Å². The molecule has 0 aliphatic heterocycles. The van der Waals surface area contributed by atoms with Crippen LogP contribution in [0.25, 0.3) is 5.53 Å². The van der Waals surface area contributed by atoms with Gasteiger partial charge in [0.05, 0.1) is 6.26 Å². The van der Waals surface area contributed by atoms with Gasteiger partial charge in [0.25, 0.3) is 0 Å². The van der Waals surface area contributed by atoms with E-state index in [1.807, 2.05) is 6.08 Å². The van der Waals surface area contributed by atoms with Gasteiger partial charge in [0.1, 0.15) is 0 Å². The summed E-state index contributed by atoms with van der Waals surface area (Å²) < 4.78 is 4.59. The molecule has 0 heterocycles. The molecular weight excluding hydrogens is 252 g/mol. The van der Waals surface area contributed by atoms with E-state index in [1.165, 1.54) is 57.6 Å². The van der Waals surface area contributed by atoms with Crippen LogP contribution >= 0.6 is 0 Å². The minimum atomic E-state index is -0.694. The lowest BCUT2D eigenvalue weighted by Gasteiger charge is -1.99. The molecule has 0 fully saturated rings. The first-order valence-corrected chi connectivity index (χ1v) is 7.51. The summed E-state index contributed by atoms with van der Waals surface area (Å²) in [6.45, 7) is 2.24. The van der Waals surface area contributed by atoms with Crippen molar-refractivity contribution in [2.45, 2.75) is 64.7 Å². The summed E-state index contributed by atoms with van der Waals surface area (Å²) in [5, 5.41) is 0. The lowest BCUT2D eigenvalue weighted by atomic mass is 10.1. The van der Waals surface area contributed by atoms with Crippen LogP contribution in [0.5, 0.6) is 0 Å². The van der Waals surface area contributed by atoms with Crippen molar-refractivity contribution >= 4 is 12.2 Å². The molecule has 0 N–H and O–H groups in total. The topological polar surface area (TPSA) is 62.7 Å². The normalized spacial score (nSPS) is 10.8. The third kappa shape index (κ3) is 14.4. The van der Waals surface area contributed by atoms with E-state index in [0.29, 0.717) is 6.21 Å². The molecule has 4 heteroatoms. The van der Waals surface area contributed by atoms with Gasteiger partial charge in [-0.3, -0.25) is 0 Å². The predicted octanol–water partition coefficient (Wildman–Crippen LogP) is 4.43. The number of carbonyl (C=O) groups is 1. The zero-order valence-corrected chi connectivity index (χ0v) is 12.5. The molecule has 0 aromatic carbocycles. The highest BCUT2D eigenvalue weighted by Gasteiger charge is 1.97. The molecule has 0 saturated carbocycles. The average Bonchev–Trinajstić information content (AvgIpc) is 2.44. The van der Waals surface area contributed by atoms with Gasteiger partial charge in [0.15, 0.2) is 0 Å². The van der Waals surface area contributed by atoms with E-state index in [4.69, 9.17) is 5.53 Å². The van der Waals surface area contributed by atoms with Crippen LogP contribution in [-0.2, 0) is 9.53 Å². The molecule has 0 spiro atoms. The summed E-state index contributed by atoms with van der Waals surface area (Å²) in [6, 6.07) is 0. The highest BCUT2D eigenvalue weighted by Crippen LogP contribution is 2.09. The number of carbonyl (C=O) groups excluding carboxylic acids is 1. The molecule has 20 heavy (non-hydrogen) atoms. The smallest absolute Gasteiger partial charge is 0.418 e. The molecule has 0 radical (unpaired) electrons. The van der Waals surface area contributed by atoms with Gasteiger partial charge in [-0.1, -0.05) is 64.0 Å². The molecule has 0 aromatic heterocycles. The fraction of sp³-hybridized carbons (Fsp3) is 0.625. The van der Waals surface area contributed by atoms with E-state index >= 15 is 0 Å². The van der Waals surface area contributed by atoms with Crippen molar-refractivity contribution < 1.29 is 14.3 Å². The predicted molar refractivity (Wildman–Crippen MR) is 81.3 cm³/mol. The van der Waals surface area contributed by atoms with Crippen LogP contribution in [-0.4, -0.2) is 17.0 Å². The Hall–Kier alpha value is -1.67. The number of allylic oxidation sites excluding steroid dienone is 3. The van der Waals surface area contributed by atoms with Gasteiger partial charge in [-0.15, -0.1) is 0 Å². The van der Waals surface area contributed by atoms with Gasteiger partial charge in [-0.2, -0.15) is 4.79 Å². The first-order chi connectivity index (χ1) is 9.81. The second kappa shape index (κ2) is 15.4. The largest absolute Gasteiger partial charge is 0.426 e. The fourth-order valence-electron chi connectivity index (χ4n) is 1.80. The Morgan fingerprint density at radius 1 is 1.05 bits per heavy atom. The van der Waals surface area contributed by atoms with E-state index in [-0.39, 0.29) is 0 Å². The number of esters is 1. The molecule has 4 nitrogen and oxygen atoms in total. The Morgan fingerprint density at radius 2 is 1.70 bits per heavy atom. The number of nitrogens with zero attached hydrogens (tertiary/aromatic N) is 2. The minimum absolute atomic E-state index is 0.694. The van der Waals surface area contributed by atoms with Gasteiger partial charge in [-0.05, 0) is 18.9 Å². The number of unbranched alkanes of at least 4 members (excludes halogenated alkanes) is 8. The molecule has 0 atom stereocenters. The molecule has 0 aromatic rings. The summed E-state index contributed by atoms with van der Waals surface area (Å²) in [6.07, 6.45) is 19.2. The van der Waals surface area contributed by atoms with E-state index in [9.17, 15) is 4.79 Å². The number of hydrogen-bond donors (Lipinski definition) is 0. The SMILES string of the molecule is CCCCCCCCCCC=CC=COC(=O)C=[N+]=[N-]. The minimum Gasteiger partial charge on any atom is -0.426 e. The molecule has 0 bridgehead atoms. The monoisotopic (exact) mass is 278 g/mol. The van der Waals surface area contributed by atoms with Crippen LogP contribution in [0.3, 0.4) is 0 Å². The summed E-state index contributed by atoms with van der Waals surface area (Å²) in [4.78, 5) is 13.3. The van der Waals surface area contributed by atoms with Gasteiger partial charge < -0.3 is 10.3 Å². The average molecular weight is 278 g/mol. The van der Waals surface area contributed by atoms with Crippen molar-refractivity contribution in [1.29, 1.82) is 0 Å².